The molecular formula is C10H15NO2S. The molecule has 1 aromatic heterocycles. The SMILES string of the molecule is Cc1ccc(S(=O)(=O)C(C)C)c(C)n1. The maximum Gasteiger partial charge on any atom is 0.182 e. The van der Waals surface area contributed by atoms with Gasteiger partial charge >= 0.3 is 0 Å². The van der Waals surface area contributed by atoms with E-state index in [9.17, 15) is 8.42 Å². The van der Waals surface area contributed by atoms with E-state index in [0.29, 0.717) is 10.6 Å². The van der Waals surface area contributed by atoms with Crippen molar-refractivity contribution < 1.29 is 8.42 Å². The minimum Gasteiger partial charge on any atom is -0.257 e. The molecule has 0 radical (unpaired) electrons. The van der Waals surface area contributed by atoms with Gasteiger partial charge in [0.15, 0.2) is 9.84 Å². The van der Waals surface area contributed by atoms with Crippen LogP contribution in [0.5, 0.6) is 0 Å². The largest absolute Gasteiger partial charge is 0.257 e. The van der Waals surface area contributed by atoms with Crippen LogP contribution in [-0.4, -0.2) is 18.7 Å². The third-order valence-corrected chi connectivity index (χ3v) is 4.39. The number of aromatic nitrogens is 1. The predicted octanol–water partition coefficient (Wildman–Crippen LogP) is 1.88. The first-order chi connectivity index (χ1) is 6.35. The first-order valence-corrected chi connectivity index (χ1v) is 6.08. The fraction of sp³-hybridized carbons (Fsp3) is 0.500. The van der Waals surface area contributed by atoms with Gasteiger partial charge in [0.2, 0.25) is 0 Å². The number of pyridine rings is 1. The van der Waals surface area contributed by atoms with Gasteiger partial charge in [-0.2, -0.15) is 0 Å². The predicted molar refractivity (Wildman–Crippen MR) is 56.0 cm³/mol. The molecule has 1 heterocycles. The van der Waals surface area contributed by atoms with Crippen LogP contribution in [0.2, 0.25) is 0 Å². The Balaban J connectivity index is 3.35. The van der Waals surface area contributed by atoms with Crippen LogP contribution < -0.4 is 0 Å². The maximum absolute atomic E-state index is 11.8. The molecule has 0 bridgehead atoms. The van der Waals surface area contributed by atoms with Gasteiger partial charge in [0.25, 0.3) is 0 Å². The average Bonchev–Trinajstić information content (AvgIpc) is 2.02. The number of hydrogen-bond donors (Lipinski definition) is 0. The standard InChI is InChI=1S/C10H15NO2S/c1-7(2)14(12,13)10-6-5-8(3)11-9(10)4/h5-7H,1-4H3. The fourth-order valence-corrected chi connectivity index (χ4v) is 2.45. The third-order valence-electron chi connectivity index (χ3n) is 2.10. The number of rotatable bonds is 2. The van der Waals surface area contributed by atoms with Gasteiger partial charge < -0.3 is 0 Å². The van der Waals surface area contributed by atoms with Crippen molar-refractivity contribution in [1.82, 2.24) is 4.98 Å². The van der Waals surface area contributed by atoms with Crippen molar-refractivity contribution in [2.24, 2.45) is 0 Å². The molecule has 0 unspecified atom stereocenters. The first kappa shape index (κ1) is 11.2. The molecule has 78 valence electrons. The van der Waals surface area contributed by atoms with Crippen molar-refractivity contribution in [3.8, 4) is 0 Å². The van der Waals surface area contributed by atoms with Crippen molar-refractivity contribution in [3.05, 3.63) is 23.5 Å². The lowest BCUT2D eigenvalue weighted by Gasteiger charge is -2.10. The normalized spacial score (nSPS) is 12.1. The van der Waals surface area contributed by atoms with Gasteiger partial charge in [-0.25, -0.2) is 8.42 Å². The Kier molecular flexibility index (Phi) is 2.95. The number of nitrogens with zero attached hydrogens (tertiary/aromatic N) is 1. The van der Waals surface area contributed by atoms with E-state index in [0.717, 1.165) is 5.69 Å². The van der Waals surface area contributed by atoms with E-state index in [1.807, 2.05) is 6.92 Å². The van der Waals surface area contributed by atoms with Crippen molar-refractivity contribution >= 4 is 9.84 Å². The van der Waals surface area contributed by atoms with Crippen LogP contribution in [0.3, 0.4) is 0 Å². The van der Waals surface area contributed by atoms with E-state index in [1.165, 1.54) is 0 Å². The smallest absolute Gasteiger partial charge is 0.182 e. The number of hydrogen-bond acceptors (Lipinski definition) is 3. The van der Waals surface area contributed by atoms with E-state index in [-0.39, 0.29) is 0 Å². The monoisotopic (exact) mass is 213 g/mol. The molecule has 0 aliphatic carbocycles. The molecule has 0 amide bonds. The maximum atomic E-state index is 11.8. The molecule has 4 heteroatoms. The van der Waals surface area contributed by atoms with Crippen molar-refractivity contribution in [3.63, 3.8) is 0 Å². The van der Waals surface area contributed by atoms with Gasteiger partial charge in [0, 0.05) is 5.69 Å². The van der Waals surface area contributed by atoms with Crippen LogP contribution in [0.15, 0.2) is 17.0 Å². The van der Waals surface area contributed by atoms with Gasteiger partial charge in [-0.3, -0.25) is 4.98 Å². The Morgan fingerprint density at radius 1 is 1.21 bits per heavy atom. The van der Waals surface area contributed by atoms with E-state index in [2.05, 4.69) is 4.98 Å². The van der Waals surface area contributed by atoms with Crippen molar-refractivity contribution in [2.45, 2.75) is 37.8 Å². The molecule has 0 aliphatic rings. The molecule has 0 aromatic carbocycles. The summed E-state index contributed by atoms with van der Waals surface area (Å²) in [6.07, 6.45) is 0. The molecule has 3 nitrogen and oxygen atoms in total. The molecule has 0 saturated heterocycles. The summed E-state index contributed by atoms with van der Waals surface area (Å²) in [6.45, 7) is 6.92. The van der Waals surface area contributed by atoms with E-state index < -0.39 is 15.1 Å². The second kappa shape index (κ2) is 3.69. The zero-order chi connectivity index (χ0) is 10.9. The molecule has 14 heavy (non-hydrogen) atoms. The molecular weight excluding hydrogens is 198 g/mol. The minimum absolute atomic E-state index is 0.345. The quantitative estimate of drug-likeness (QED) is 0.753. The average molecular weight is 213 g/mol. The molecule has 0 N–H and O–H groups in total. The van der Waals surface area contributed by atoms with Crippen LogP contribution in [0, 0.1) is 13.8 Å². The lowest BCUT2D eigenvalue weighted by atomic mass is 10.3. The van der Waals surface area contributed by atoms with E-state index in [4.69, 9.17) is 0 Å². The van der Waals surface area contributed by atoms with Crippen molar-refractivity contribution in [2.75, 3.05) is 0 Å². The summed E-state index contributed by atoms with van der Waals surface area (Å²) in [5.74, 6) is 0. The number of sulfone groups is 1. The summed E-state index contributed by atoms with van der Waals surface area (Å²) in [7, 11) is -3.19. The Bertz CT molecular complexity index is 435. The Morgan fingerprint density at radius 2 is 1.79 bits per heavy atom. The minimum atomic E-state index is -3.19. The fourth-order valence-electron chi connectivity index (χ4n) is 1.23. The van der Waals surface area contributed by atoms with E-state index in [1.54, 1.807) is 32.9 Å². The van der Waals surface area contributed by atoms with Gasteiger partial charge in [-0.05, 0) is 39.8 Å². The first-order valence-electron chi connectivity index (χ1n) is 4.54. The molecule has 0 atom stereocenters. The van der Waals surface area contributed by atoms with Crippen molar-refractivity contribution in [1.29, 1.82) is 0 Å². The third kappa shape index (κ3) is 1.95. The van der Waals surface area contributed by atoms with Gasteiger partial charge in [0.05, 0.1) is 15.8 Å². The molecule has 0 fully saturated rings. The van der Waals surface area contributed by atoms with Crippen LogP contribution in [-0.2, 0) is 9.84 Å². The molecule has 0 spiro atoms. The summed E-state index contributed by atoms with van der Waals surface area (Å²) in [5.41, 5.74) is 1.42. The highest BCUT2D eigenvalue weighted by Gasteiger charge is 2.21. The highest BCUT2D eigenvalue weighted by molar-refractivity contribution is 7.92. The second-order valence-corrected chi connectivity index (χ2v) is 6.10. The molecule has 1 aromatic rings. The molecule has 0 aliphatic heterocycles. The Labute approximate surface area is 85.1 Å². The van der Waals surface area contributed by atoms with Crippen LogP contribution in [0.25, 0.3) is 0 Å². The highest BCUT2D eigenvalue weighted by Crippen LogP contribution is 2.18. The van der Waals surface area contributed by atoms with Crippen LogP contribution in [0.4, 0.5) is 0 Å². The summed E-state index contributed by atoms with van der Waals surface area (Å²) in [6, 6.07) is 3.36. The van der Waals surface area contributed by atoms with Gasteiger partial charge in [-0.15, -0.1) is 0 Å². The van der Waals surface area contributed by atoms with E-state index >= 15 is 0 Å². The second-order valence-electron chi connectivity index (χ2n) is 3.63. The summed E-state index contributed by atoms with van der Waals surface area (Å²) in [4.78, 5) is 4.49. The molecule has 1 rings (SSSR count). The molecule has 0 saturated carbocycles. The van der Waals surface area contributed by atoms with Crippen LogP contribution >= 0.6 is 0 Å². The summed E-state index contributed by atoms with van der Waals surface area (Å²) < 4.78 is 23.6. The zero-order valence-electron chi connectivity index (χ0n) is 8.90. The van der Waals surface area contributed by atoms with Gasteiger partial charge in [-0.1, -0.05) is 0 Å². The highest BCUT2D eigenvalue weighted by atomic mass is 32.2. The number of aryl methyl sites for hydroxylation is 2. The lowest BCUT2D eigenvalue weighted by Crippen LogP contribution is -2.15. The Morgan fingerprint density at radius 3 is 2.21 bits per heavy atom. The topological polar surface area (TPSA) is 47.0 Å². The summed E-state index contributed by atoms with van der Waals surface area (Å²) in [5, 5.41) is -0.397. The Hall–Kier alpha value is -0.900. The lowest BCUT2D eigenvalue weighted by molar-refractivity contribution is 0.586. The zero-order valence-corrected chi connectivity index (χ0v) is 9.72. The van der Waals surface area contributed by atoms with Gasteiger partial charge in [0.1, 0.15) is 0 Å². The summed E-state index contributed by atoms with van der Waals surface area (Å²) >= 11 is 0. The van der Waals surface area contributed by atoms with Crippen LogP contribution in [0.1, 0.15) is 25.2 Å².